The van der Waals surface area contributed by atoms with Gasteiger partial charge in [-0.2, -0.15) is 0 Å². The van der Waals surface area contributed by atoms with Crippen LogP contribution in [0.25, 0.3) is 22.3 Å². The lowest BCUT2D eigenvalue weighted by Gasteiger charge is -2.19. The first-order chi connectivity index (χ1) is 12.2. The van der Waals surface area contributed by atoms with Crippen LogP contribution in [0.4, 0.5) is 5.82 Å². The van der Waals surface area contributed by atoms with E-state index in [1.807, 2.05) is 43.6 Å². The number of pyridine rings is 2. The summed E-state index contributed by atoms with van der Waals surface area (Å²) in [6.45, 7) is 0.804. The maximum atomic E-state index is 6.10. The second-order valence-corrected chi connectivity index (χ2v) is 6.41. The van der Waals surface area contributed by atoms with Gasteiger partial charge < -0.3 is 9.88 Å². The number of rotatable bonds is 4. The van der Waals surface area contributed by atoms with E-state index in [4.69, 9.17) is 16.6 Å². The molecule has 0 spiro atoms. The van der Waals surface area contributed by atoms with Gasteiger partial charge in [-0.05, 0) is 23.8 Å². The largest absolute Gasteiger partial charge is 0.355 e. The summed E-state index contributed by atoms with van der Waals surface area (Å²) in [6, 6.07) is 18.3. The number of anilines is 1. The number of hydrogen-bond acceptors (Lipinski definition) is 3. The molecular formula is C20H19ClN4. The summed E-state index contributed by atoms with van der Waals surface area (Å²) < 4.78 is 0. The van der Waals surface area contributed by atoms with Crippen molar-refractivity contribution in [3.8, 4) is 11.3 Å². The van der Waals surface area contributed by atoms with E-state index in [1.54, 1.807) is 6.20 Å². The fraction of sp³-hybridized carbons (Fsp3) is 0.100. The van der Waals surface area contributed by atoms with Gasteiger partial charge in [0.2, 0.25) is 0 Å². The molecule has 1 N–H and O–H groups in total. The average molecular weight is 351 g/mol. The molecule has 0 radical (unpaired) electrons. The zero-order valence-corrected chi connectivity index (χ0v) is 14.5. The summed E-state index contributed by atoms with van der Waals surface area (Å²) in [5.41, 5.74) is 3.96. The maximum Gasteiger partial charge on any atom is 0.138 e. The molecule has 0 aliphatic heterocycles. The molecule has 4 nitrogen and oxygen atoms in total. The lowest BCUT2D eigenvalue weighted by Crippen LogP contribution is -2.17. The van der Waals surface area contributed by atoms with Crippen LogP contribution in [-0.4, -0.2) is 22.0 Å². The fourth-order valence-corrected chi connectivity index (χ4v) is 3.07. The molecule has 0 amide bonds. The molecule has 0 saturated carbocycles. The normalized spacial score (nSPS) is 11.0. The Morgan fingerprint density at radius 3 is 2.80 bits per heavy atom. The van der Waals surface area contributed by atoms with Crippen LogP contribution in [-0.2, 0) is 6.54 Å². The van der Waals surface area contributed by atoms with Crippen LogP contribution in [0.5, 0.6) is 0 Å². The van der Waals surface area contributed by atoms with Crippen molar-refractivity contribution in [1.82, 2.24) is 15.0 Å². The Labute approximate surface area is 152 Å². The smallest absolute Gasteiger partial charge is 0.138 e. The number of fused-ring (bicyclic) bond motifs is 1. The minimum Gasteiger partial charge on any atom is -0.355 e. The van der Waals surface area contributed by atoms with Gasteiger partial charge in [-0.25, -0.2) is 9.97 Å². The molecule has 0 aliphatic rings. The molecule has 126 valence electrons. The molecule has 1 aromatic carbocycles. The second kappa shape index (κ2) is 6.57. The molecular weight excluding hydrogens is 332 g/mol. The average Bonchev–Trinajstić information content (AvgIpc) is 3.05. The third-order valence-electron chi connectivity index (χ3n) is 4.16. The van der Waals surface area contributed by atoms with Gasteiger partial charge in [-0.3, -0.25) is 0 Å². The van der Waals surface area contributed by atoms with E-state index in [0.29, 0.717) is 5.02 Å². The third kappa shape index (κ3) is 3.21. The Balaban J connectivity index is 0.00000196. The van der Waals surface area contributed by atoms with Crippen molar-refractivity contribution >= 4 is 28.5 Å². The number of nitrogens with zero attached hydrogens (tertiary/aromatic N) is 3. The van der Waals surface area contributed by atoms with E-state index in [2.05, 4.69) is 39.1 Å². The van der Waals surface area contributed by atoms with Crippen LogP contribution in [0.2, 0.25) is 5.02 Å². The zero-order chi connectivity index (χ0) is 17.2. The molecule has 0 saturated heterocycles. The first kappa shape index (κ1) is 15.7. The van der Waals surface area contributed by atoms with Crippen LogP contribution in [0, 0.1) is 0 Å². The van der Waals surface area contributed by atoms with Crippen molar-refractivity contribution < 1.29 is 1.43 Å². The lowest BCUT2D eigenvalue weighted by molar-refractivity contribution is 0.899. The second-order valence-electron chi connectivity index (χ2n) is 5.97. The van der Waals surface area contributed by atoms with Crippen molar-refractivity contribution in [2.45, 2.75) is 6.54 Å². The summed E-state index contributed by atoms with van der Waals surface area (Å²) in [5.74, 6) is 0.922. The number of halogens is 1. The minimum absolute atomic E-state index is 0. The summed E-state index contributed by atoms with van der Waals surface area (Å²) in [5, 5.41) is 1.59. The predicted octanol–water partition coefficient (Wildman–Crippen LogP) is 5.16. The minimum atomic E-state index is 0. The molecule has 3 heterocycles. The third-order valence-corrected chi connectivity index (χ3v) is 4.37. The van der Waals surface area contributed by atoms with E-state index >= 15 is 0 Å². The molecule has 25 heavy (non-hydrogen) atoms. The van der Waals surface area contributed by atoms with Crippen LogP contribution in [0.15, 0.2) is 67.0 Å². The molecule has 0 bridgehead atoms. The van der Waals surface area contributed by atoms with E-state index in [9.17, 15) is 0 Å². The molecule has 0 atom stereocenters. The van der Waals surface area contributed by atoms with Gasteiger partial charge in [0.25, 0.3) is 0 Å². The van der Waals surface area contributed by atoms with Crippen molar-refractivity contribution in [2.24, 2.45) is 0 Å². The predicted molar refractivity (Wildman–Crippen MR) is 105 cm³/mol. The van der Waals surface area contributed by atoms with Gasteiger partial charge in [0, 0.05) is 38.4 Å². The number of nitrogens with one attached hydrogen (secondary N) is 1. The van der Waals surface area contributed by atoms with Crippen LogP contribution >= 0.6 is 11.6 Å². The SMILES string of the molecule is CN(Cc1ccccc1)c1cccc(-c2c[nH]c3ncc(Cl)cc23)n1.[HH]. The molecule has 0 aliphatic carbocycles. The molecule has 4 aromatic rings. The van der Waals surface area contributed by atoms with Crippen LogP contribution < -0.4 is 4.90 Å². The van der Waals surface area contributed by atoms with Gasteiger partial charge in [0.1, 0.15) is 11.5 Å². The number of hydrogen-bond donors (Lipinski definition) is 1. The highest BCUT2D eigenvalue weighted by Crippen LogP contribution is 2.29. The highest BCUT2D eigenvalue weighted by atomic mass is 35.5. The van der Waals surface area contributed by atoms with E-state index in [0.717, 1.165) is 34.7 Å². The Bertz CT molecular complexity index is 1020. The molecule has 4 rings (SSSR count). The van der Waals surface area contributed by atoms with Gasteiger partial charge in [-0.1, -0.05) is 48.0 Å². The Morgan fingerprint density at radius 2 is 1.96 bits per heavy atom. The topological polar surface area (TPSA) is 44.8 Å². The zero-order valence-electron chi connectivity index (χ0n) is 13.8. The van der Waals surface area contributed by atoms with Crippen molar-refractivity contribution in [3.05, 3.63) is 77.6 Å². The Hall–Kier alpha value is -2.85. The van der Waals surface area contributed by atoms with E-state index in [-0.39, 0.29) is 1.43 Å². The van der Waals surface area contributed by atoms with Crippen LogP contribution in [0.1, 0.15) is 6.99 Å². The van der Waals surface area contributed by atoms with Gasteiger partial charge in [0.15, 0.2) is 0 Å². The summed E-state index contributed by atoms with van der Waals surface area (Å²) >= 11 is 6.10. The highest BCUT2D eigenvalue weighted by molar-refractivity contribution is 6.31. The summed E-state index contributed by atoms with van der Waals surface area (Å²) in [6.07, 6.45) is 3.57. The van der Waals surface area contributed by atoms with Crippen molar-refractivity contribution in [2.75, 3.05) is 11.9 Å². The quantitative estimate of drug-likeness (QED) is 0.553. The van der Waals surface area contributed by atoms with Crippen molar-refractivity contribution in [3.63, 3.8) is 0 Å². The van der Waals surface area contributed by atoms with Gasteiger partial charge in [-0.15, -0.1) is 0 Å². The number of aromatic amines is 1. The Kier molecular flexibility index (Phi) is 4.12. The number of benzene rings is 1. The fourth-order valence-electron chi connectivity index (χ4n) is 2.91. The van der Waals surface area contributed by atoms with E-state index < -0.39 is 0 Å². The highest BCUT2D eigenvalue weighted by Gasteiger charge is 2.11. The van der Waals surface area contributed by atoms with E-state index in [1.165, 1.54) is 5.56 Å². The maximum absolute atomic E-state index is 6.10. The molecule has 5 heteroatoms. The first-order valence-electron chi connectivity index (χ1n) is 8.06. The standard InChI is InChI=1S/C20H17ClN4.H2/c1-25(13-14-6-3-2-4-7-14)19-9-5-8-18(24-19)17-12-23-20-16(17)10-15(21)11-22-20;/h2-12H,13H2,1H3,(H,22,23);1H. The summed E-state index contributed by atoms with van der Waals surface area (Å²) in [4.78, 5) is 14.5. The van der Waals surface area contributed by atoms with Gasteiger partial charge >= 0.3 is 0 Å². The van der Waals surface area contributed by atoms with Gasteiger partial charge in [0.05, 0.1) is 10.7 Å². The molecule has 0 unspecified atom stereocenters. The molecule has 3 aromatic heterocycles. The number of aromatic nitrogens is 3. The van der Waals surface area contributed by atoms with Crippen molar-refractivity contribution in [1.29, 1.82) is 0 Å². The first-order valence-corrected chi connectivity index (χ1v) is 8.43. The lowest BCUT2D eigenvalue weighted by atomic mass is 10.1. The monoisotopic (exact) mass is 350 g/mol. The number of H-pyrrole nitrogens is 1. The van der Waals surface area contributed by atoms with Crippen LogP contribution in [0.3, 0.4) is 0 Å². The molecule has 0 fully saturated rings. The Morgan fingerprint density at radius 1 is 1.12 bits per heavy atom. The summed E-state index contributed by atoms with van der Waals surface area (Å²) in [7, 11) is 2.05.